The van der Waals surface area contributed by atoms with Gasteiger partial charge >= 0.3 is 6.03 Å². The first-order valence-corrected chi connectivity index (χ1v) is 11.7. The van der Waals surface area contributed by atoms with Crippen LogP contribution in [0.5, 0.6) is 5.75 Å². The first kappa shape index (κ1) is 21.5. The number of ether oxygens (including phenoxy) is 1. The zero-order valence-corrected chi connectivity index (χ0v) is 19.2. The van der Waals surface area contributed by atoms with E-state index in [9.17, 15) is 4.79 Å². The number of carbonyl (C=O) groups excluding carboxylic acids is 1. The molecule has 0 unspecified atom stereocenters. The number of thiophene rings is 1. The maximum atomic E-state index is 13.0. The first-order chi connectivity index (χ1) is 15.1. The third kappa shape index (κ3) is 4.62. The van der Waals surface area contributed by atoms with Gasteiger partial charge in [-0.15, -0.1) is 11.3 Å². The number of carbonyl (C=O) groups is 1. The Hall–Kier alpha value is -2.77. The molecule has 0 radical (unpaired) electrons. The molecule has 2 amide bonds. The fourth-order valence-corrected chi connectivity index (χ4v) is 5.56. The number of nitrogens with zero attached hydrogens (tertiary/aromatic N) is 2. The summed E-state index contributed by atoms with van der Waals surface area (Å²) in [6, 6.07) is 11.3. The highest BCUT2D eigenvalue weighted by Gasteiger charge is 2.28. The monoisotopic (exact) mass is 438 g/mol. The average Bonchev–Trinajstić information content (AvgIpc) is 3.41. The van der Waals surface area contributed by atoms with Crippen LogP contribution in [0, 0.1) is 0 Å². The lowest BCUT2D eigenvalue weighted by molar-refractivity contribution is 0.247. The maximum Gasteiger partial charge on any atom is 0.319 e. The number of urea groups is 1. The van der Waals surface area contributed by atoms with Gasteiger partial charge in [0.2, 0.25) is 0 Å². The smallest absolute Gasteiger partial charge is 0.319 e. The Morgan fingerprint density at radius 1 is 1.19 bits per heavy atom. The highest BCUT2D eigenvalue weighted by Crippen LogP contribution is 2.40. The van der Waals surface area contributed by atoms with E-state index in [1.165, 1.54) is 21.0 Å². The Labute approximate surface area is 187 Å². The predicted molar refractivity (Wildman–Crippen MR) is 126 cm³/mol. The number of amides is 2. The summed E-state index contributed by atoms with van der Waals surface area (Å²) in [6.07, 6.45) is 5.98. The molecule has 3 heterocycles. The second-order valence-electron chi connectivity index (χ2n) is 7.79. The fourth-order valence-electron chi connectivity index (χ4n) is 4.11. The zero-order valence-electron chi connectivity index (χ0n) is 18.4. The minimum absolute atomic E-state index is 0.0694. The Morgan fingerprint density at radius 3 is 2.71 bits per heavy atom. The third-order valence-corrected chi connectivity index (χ3v) is 6.85. The van der Waals surface area contributed by atoms with Crippen molar-refractivity contribution >= 4 is 23.1 Å². The molecule has 164 valence electrons. The highest BCUT2D eigenvalue weighted by molar-refractivity contribution is 7.15. The second kappa shape index (κ2) is 9.58. The van der Waals surface area contributed by atoms with Crippen LogP contribution < -0.4 is 15.4 Å². The predicted octanol–water partition coefficient (Wildman–Crippen LogP) is 5.20. The van der Waals surface area contributed by atoms with Gasteiger partial charge in [-0.25, -0.2) is 4.79 Å². The van der Waals surface area contributed by atoms with Crippen LogP contribution in [0.3, 0.4) is 0 Å². The lowest BCUT2D eigenvalue weighted by Crippen LogP contribution is -2.34. The van der Waals surface area contributed by atoms with Gasteiger partial charge < -0.3 is 24.8 Å². The number of para-hydroxylation sites is 2. The molecule has 7 heteroatoms. The number of aromatic nitrogens is 1. The van der Waals surface area contributed by atoms with Crippen LogP contribution in [0.25, 0.3) is 5.00 Å². The van der Waals surface area contributed by atoms with Crippen LogP contribution in [0.15, 0.2) is 48.8 Å². The highest BCUT2D eigenvalue weighted by atomic mass is 32.1. The van der Waals surface area contributed by atoms with Crippen molar-refractivity contribution in [2.45, 2.75) is 39.3 Å². The number of hydrogen-bond acceptors (Lipinski definition) is 4. The number of hydrogen-bond donors (Lipinski definition) is 2. The largest absolute Gasteiger partial charge is 0.492 e. The SMILES string of the molecule is CCOc1ccccc1NC(=O)N[C@H](CC)c1c(-n2cccc2)sc2c1CCN(C)C2. The molecule has 4 rings (SSSR count). The van der Waals surface area contributed by atoms with Gasteiger partial charge in [-0.05, 0) is 56.6 Å². The van der Waals surface area contributed by atoms with Crippen molar-refractivity contribution in [3.63, 3.8) is 0 Å². The first-order valence-electron chi connectivity index (χ1n) is 10.9. The average molecular weight is 439 g/mol. The number of anilines is 1. The normalized spacial score (nSPS) is 14.7. The summed E-state index contributed by atoms with van der Waals surface area (Å²) < 4.78 is 7.82. The molecule has 0 saturated carbocycles. The lowest BCUT2D eigenvalue weighted by atomic mass is 9.96. The third-order valence-electron chi connectivity index (χ3n) is 5.61. The maximum absolute atomic E-state index is 13.0. The van der Waals surface area contributed by atoms with Crippen molar-refractivity contribution in [1.29, 1.82) is 0 Å². The Balaban J connectivity index is 1.61. The quantitative estimate of drug-likeness (QED) is 0.533. The van der Waals surface area contributed by atoms with E-state index in [1.807, 2.05) is 54.7 Å². The molecule has 0 bridgehead atoms. The molecule has 3 aromatic rings. The number of fused-ring (bicyclic) bond motifs is 1. The van der Waals surface area contributed by atoms with Crippen LogP contribution in [-0.2, 0) is 13.0 Å². The molecular weight excluding hydrogens is 408 g/mol. The van der Waals surface area contributed by atoms with Gasteiger partial charge in [-0.2, -0.15) is 0 Å². The molecule has 2 N–H and O–H groups in total. The minimum atomic E-state index is -0.217. The van der Waals surface area contributed by atoms with Crippen LogP contribution in [0.4, 0.5) is 10.5 Å². The van der Waals surface area contributed by atoms with Crippen molar-refractivity contribution < 1.29 is 9.53 Å². The lowest BCUT2D eigenvalue weighted by Gasteiger charge is -2.25. The molecule has 0 aliphatic carbocycles. The topological polar surface area (TPSA) is 58.5 Å². The molecule has 1 atom stereocenters. The summed E-state index contributed by atoms with van der Waals surface area (Å²) in [5.41, 5.74) is 3.32. The van der Waals surface area contributed by atoms with E-state index in [2.05, 4.69) is 46.5 Å². The number of likely N-dealkylation sites (N-methyl/N-ethyl adjacent to an activating group) is 1. The van der Waals surface area contributed by atoms with E-state index in [-0.39, 0.29) is 12.1 Å². The van der Waals surface area contributed by atoms with Gasteiger partial charge in [0.1, 0.15) is 10.8 Å². The molecule has 0 spiro atoms. The standard InChI is InChI=1S/C24H30N4O2S/c1-4-18(25-24(29)26-19-10-6-7-11-20(19)30-5-2)22-17-12-15-27(3)16-21(17)31-23(22)28-13-8-9-14-28/h6-11,13-14,18H,4-5,12,15-16H2,1-3H3,(H2,25,26,29)/t18-/m1/s1. The van der Waals surface area contributed by atoms with Gasteiger partial charge in [-0.1, -0.05) is 19.1 Å². The summed E-state index contributed by atoms with van der Waals surface area (Å²) in [7, 11) is 2.16. The van der Waals surface area contributed by atoms with Crippen LogP contribution >= 0.6 is 11.3 Å². The van der Waals surface area contributed by atoms with Crippen LogP contribution in [0.1, 0.15) is 42.3 Å². The molecule has 1 aliphatic heterocycles. The number of rotatable bonds is 7. The van der Waals surface area contributed by atoms with Crippen LogP contribution in [-0.4, -0.2) is 35.7 Å². The molecule has 31 heavy (non-hydrogen) atoms. The van der Waals surface area contributed by atoms with Gasteiger partial charge in [0.25, 0.3) is 0 Å². The van der Waals surface area contributed by atoms with Crippen molar-refractivity contribution in [2.75, 3.05) is 25.5 Å². The molecule has 0 fully saturated rings. The van der Waals surface area contributed by atoms with Gasteiger partial charge in [0.05, 0.1) is 18.3 Å². The van der Waals surface area contributed by atoms with E-state index in [0.29, 0.717) is 18.0 Å². The van der Waals surface area contributed by atoms with Crippen molar-refractivity contribution in [2.24, 2.45) is 0 Å². The van der Waals surface area contributed by atoms with Crippen LogP contribution in [0.2, 0.25) is 0 Å². The van der Waals surface area contributed by atoms with E-state index in [4.69, 9.17) is 4.74 Å². The number of benzene rings is 1. The Kier molecular flexibility index (Phi) is 6.63. The molecule has 2 aromatic heterocycles. The van der Waals surface area contributed by atoms with E-state index < -0.39 is 0 Å². The summed E-state index contributed by atoms with van der Waals surface area (Å²) in [6.45, 7) is 6.60. The summed E-state index contributed by atoms with van der Waals surface area (Å²) in [4.78, 5) is 16.7. The summed E-state index contributed by atoms with van der Waals surface area (Å²) >= 11 is 1.84. The molecule has 1 aromatic carbocycles. The Morgan fingerprint density at radius 2 is 1.97 bits per heavy atom. The summed E-state index contributed by atoms with van der Waals surface area (Å²) in [5, 5.41) is 7.40. The zero-order chi connectivity index (χ0) is 21.8. The van der Waals surface area contributed by atoms with E-state index in [0.717, 1.165) is 25.9 Å². The van der Waals surface area contributed by atoms with Crippen molar-refractivity contribution in [3.05, 3.63) is 64.8 Å². The Bertz CT molecular complexity index is 1030. The fraction of sp³-hybridized carbons (Fsp3) is 0.375. The molecule has 6 nitrogen and oxygen atoms in total. The van der Waals surface area contributed by atoms with Gasteiger partial charge in [0, 0.05) is 35.9 Å². The van der Waals surface area contributed by atoms with E-state index in [1.54, 1.807) is 0 Å². The summed E-state index contributed by atoms with van der Waals surface area (Å²) in [5.74, 6) is 0.678. The molecule has 1 aliphatic rings. The minimum Gasteiger partial charge on any atom is -0.492 e. The van der Waals surface area contributed by atoms with Crippen molar-refractivity contribution in [1.82, 2.24) is 14.8 Å². The number of nitrogens with one attached hydrogen (secondary N) is 2. The molecular formula is C24H30N4O2S. The van der Waals surface area contributed by atoms with Gasteiger partial charge in [0.15, 0.2) is 0 Å². The van der Waals surface area contributed by atoms with Gasteiger partial charge in [-0.3, -0.25) is 0 Å². The van der Waals surface area contributed by atoms with E-state index >= 15 is 0 Å². The van der Waals surface area contributed by atoms with Crippen molar-refractivity contribution in [3.8, 4) is 10.8 Å². The second-order valence-corrected chi connectivity index (χ2v) is 8.87. The molecule has 0 saturated heterocycles.